The quantitative estimate of drug-likeness (QED) is 0.867. The Hall–Kier alpha value is -2.77. The fourth-order valence-electron chi connectivity index (χ4n) is 4.16. The molecule has 6 nitrogen and oxygen atoms in total. The Labute approximate surface area is 161 Å². The van der Waals surface area contributed by atoms with Gasteiger partial charge in [-0.3, -0.25) is 14.6 Å². The van der Waals surface area contributed by atoms with Crippen molar-refractivity contribution < 1.29 is 13.6 Å². The van der Waals surface area contributed by atoms with Crippen LogP contribution in [0.2, 0.25) is 0 Å². The molecule has 2 saturated heterocycles. The maximum atomic E-state index is 13.8. The van der Waals surface area contributed by atoms with Crippen LogP contribution >= 0.6 is 0 Å². The van der Waals surface area contributed by atoms with Gasteiger partial charge in [0, 0.05) is 38.0 Å². The molecule has 2 aliphatic rings. The second kappa shape index (κ2) is 7.33. The van der Waals surface area contributed by atoms with Crippen LogP contribution in [0.4, 0.5) is 14.7 Å². The molecule has 1 aromatic carbocycles. The largest absolute Gasteiger partial charge is 0.342 e. The number of halogens is 2. The summed E-state index contributed by atoms with van der Waals surface area (Å²) in [6.07, 6.45) is 0.407. The minimum absolute atomic E-state index is 0.0581. The number of fused-ring (bicyclic) bond motifs is 1. The number of rotatable bonds is 4. The first-order chi connectivity index (χ1) is 13.5. The van der Waals surface area contributed by atoms with Crippen LogP contribution in [0, 0.1) is 23.5 Å². The van der Waals surface area contributed by atoms with Crippen molar-refractivity contribution in [2.45, 2.75) is 19.8 Å². The lowest BCUT2D eigenvalue weighted by molar-refractivity contribution is -0.129. The first-order valence-corrected chi connectivity index (χ1v) is 9.51. The number of benzene rings is 1. The first kappa shape index (κ1) is 18.6. The van der Waals surface area contributed by atoms with Gasteiger partial charge in [0.15, 0.2) is 0 Å². The molecule has 4 rings (SSSR count). The molecular formula is C20H22F2N4O2. The number of aromatic amines is 1. The molecule has 2 fully saturated rings. The minimum atomic E-state index is -0.824. The number of nitrogens with zero attached hydrogens (tertiary/aromatic N) is 3. The van der Waals surface area contributed by atoms with E-state index in [1.165, 1.54) is 6.07 Å². The molecule has 2 unspecified atom stereocenters. The first-order valence-electron chi connectivity index (χ1n) is 9.51. The topological polar surface area (TPSA) is 69.3 Å². The van der Waals surface area contributed by atoms with E-state index in [-0.39, 0.29) is 35.7 Å². The van der Waals surface area contributed by atoms with E-state index in [1.54, 1.807) is 30.0 Å². The lowest BCUT2D eigenvalue weighted by Gasteiger charge is -2.22. The lowest BCUT2D eigenvalue weighted by atomic mass is 10.0. The van der Waals surface area contributed by atoms with Gasteiger partial charge >= 0.3 is 0 Å². The van der Waals surface area contributed by atoms with Crippen LogP contribution < -0.4 is 10.5 Å². The molecule has 1 amide bonds. The smallest absolute Gasteiger partial charge is 0.288 e. The number of carbonyl (C=O) groups is 1. The summed E-state index contributed by atoms with van der Waals surface area (Å²) in [6, 6.07) is 6.33. The van der Waals surface area contributed by atoms with E-state index in [1.807, 2.05) is 4.90 Å². The third-order valence-corrected chi connectivity index (χ3v) is 5.69. The van der Waals surface area contributed by atoms with Crippen LogP contribution in [-0.4, -0.2) is 47.0 Å². The lowest BCUT2D eigenvalue weighted by Crippen LogP contribution is -2.35. The molecule has 1 N–H and O–H groups in total. The van der Waals surface area contributed by atoms with Crippen molar-refractivity contribution in [3.63, 3.8) is 0 Å². The van der Waals surface area contributed by atoms with E-state index >= 15 is 0 Å². The molecule has 0 aliphatic carbocycles. The Morgan fingerprint density at radius 1 is 1.18 bits per heavy atom. The van der Waals surface area contributed by atoms with Crippen LogP contribution in [0.25, 0.3) is 0 Å². The second-order valence-electron chi connectivity index (χ2n) is 7.50. The Balaban J connectivity index is 1.41. The molecule has 8 heteroatoms. The van der Waals surface area contributed by atoms with E-state index < -0.39 is 11.4 Å². The van der Waals surface area contributed by atoms with Crippen LogP contribution in [-0.2, 0) is 17.6 Å². The maximum absolute atomic E-state index is 13.8. The molecule has 148 valence electrons. The van der Waals surface area contributed by atoms with Gasteiger partial charge in [-0.05, 0) is 18.1 Å². The molecule has 0 bridgehead atoms. The standard InChI is InChI=1S/C20H22F2N4O2/c1-2-16-18(22)19(28)24-20(23-16)26-10-13-8-25(9-14(13)11-26)17(27)7-12-5-3-4-6-15(12)21/h3-6,13-14H,2,7-11H2,1H3,(H,23,24,28). The Morgan fingerprint density at radius 2 is 1.86 bits per heavy atom. The maximum Gasteiger partial charge on any atom is 0.288 e. The van der Waals surface area contributed by atoms with E-state index in [4.69, 9.17) is 0 Å². The number of aryl methyl sites for hydroxylation is 1. The highest BCUT2D eigenvalue weighted by atomic mass is 19.1. The van der Waals surface area contributed by atoms with Gasteiger partial charge in [-0.1, -0.05) is 25.1 Å². The van der Waals surface area contributed by atoms with E-state index in [2.05, 4.69) is 9.97 Å². The van der Waals surface area contributed by atoms with Crippen molar-refractivity contribution in [1.82, 2.24) is 14.9 Å². The molecule has 0 radical (unpaired) electrons. The Bertz CT molecular complexity index is 947. The zero-order chi connectivity index (χ0) is 19.8. The number of H-pyrrole nitrogens is 1. The van der Waals surface area contributed by atoms with E-state index in [0.717, 1.165) is 0 Å². The fraction of sp³-hybridized carbons (Fsp3) is 0.450. The highest BCUT2D eigenvalue weighted by Gasteiger charge is 2.42. The predicted octanol–water partition coefficient (Wildman–Crippen LogP) is 1.75. The number of likely N-dealkylation sites (tertiary alicyclic amines) is 1. The van der Waals surface area contributed by atoms with Crippen molar-refractivity contribution in [3.05, 3.63) is 57.5 Å². The molecule has 2 atom stereocenters. The number of hydrogen-bond donors (Lipinski definition) is 1. The summed E-state index contributed by atoms with van der Waals surface area (Å²) in [5.41, 5.74) is -0.176. The molecule has 2 aliphatic heterocycles. The van der Waals surface area contributed by atoms with E-state index in [0.29, 0.717) is 44.1 Å². The van der Waals surface area contributed by atoms with Gasteiger partial charge in [0.1, 0.15) is 5.82 Å². The molecule has 28 heavy (non-hydrogen) atoms. The average Bonchev–Trinajstić information content (AvgIpc) is 3.25. The summed E-state index contributed by atoms with van der Waals surface area (Å²) in [4.78, 5) is 34.9. The van der Waals surface area contributed by atoms with Crippen LogP contribution in [0.15, 0.2) is 29.1 Å². The fourth-order valence-corrected chi connectivity index (χ4v) is 4.16. The molecular weight excluding hydrogens is 366 g/mol. The van der Waals surface area contributed by atoms with Gasteiger partial charge in [-0.2, -0.15) is 4.39 Å². The molecule has 0 spiro atoms. The van der Waals surface area contributed by atoms with Crippen molar-refractivity contribution in [2.24, 2.45) is 11.8 Å². The summed E-state index contributed by atoms with van der Waals surface area (Å²) < 4.78 is 27.5. The van der Waals surface area contributed by atoms with Gasteiger partial charge in [0.05, 0.1) is 12.1 Å². The zero-order valence-corrected chi connectivity index (χ0v) is 15.6. The Morgan fingerprint density at radius 3 is 2.50 bits per heavy atom. The molecule has 3 heterocycles. The normalized spacial score (nSPS) is 21.2. The molecule has 2 aromatic rings. The van der Waals surface area contributed by atoms with Crippen LogP contribution in [0.3, 0.4) is 0 Å². The van der Waals surface area contributed by atoms with E-state index in [9.17, 15) is 18.4 Å². The van der Waals surface area contributed by atoms with Crippen molar-refractivity contribution in [3.8, 4) is 0 Å². The minimum Gasteiger partial charge on any atom is -0.342 e. The Kier molecular flexibility index (Phi) is 4.87. The number of hydrogen-bond acceptors (Lipinski definition) is 4. The number of carbonyl (C=O) groups excluding carboxylic acids is 1. The summed E-state index contributed by atoms with van der Waals surface area (Å²) in [6.45, 7) is 4.24. The summed E-state index contributed by atoms with van der Waals surface area (Å²) in [5, 5.41) is 0. The molecule has 0 saturated carbocycles. The number of aromatic nitrogens is 2. The van der Waals surface area contributed by atoms with Crippen molar-refractivity contribution in [2.75, 3.05) is 31.1 Å². The zero-order valence-electron chi connectivity index (χ0n) is 15.6. The molecule has 1 aromatic heterocycles. The number of anilines is 1. The van der Waals surface area contributed by atoms with Gasteiger partial charge in [0.25, 0.3) is 5.56 Å². The van der Waals surface area contributed by atoms with Crippen LogP contribution in [0.1, 0.15) is 18.2 Å². The number of amides is 1. The SMILES string of the molecule is CCc1nc(N2CC3CN(C(=O)Cc4ccccc4F)CC3C2)[nH]c(=O)c1F. The summed E-state index contributed by atoms with van der Waals surface area (Å²) in [5.74, 6) is -0.362. The third-order valence-electron chi connectivity index (χ3n) is 5.69. The highest BCUT2D eigenvalue weighted by Crippen LogP contribution is 2.33. The van der Waals surface area contributed by atoms with Crippen molar-refractivity contribution in [1.29, 1.82) is 0 Å². The van der Waals surface area contributed by atoms with Crippen molar-refractivity contribution >= 4 is 11.9 Å². The third kappa shape index (κ3) is 3.39. The highest BCUT2D eigenvalue weighted by molar-refractivity contribution is 5.79. The second-order valence-corrected chi connectivity index (χ2v) is 7.50. The van der Waals surface area contributed by atoms with Gasteiger partial charge in [-0.25, -0.2) is 9.37 Å². The monoisotopic (exact) mass is 388 g/mol. The summed E-state index contributed by atoms with van der Waals surface area (Å²) >= 11 is 0. The number of nitrogens with one attached hydrogen (secondary N) is 1. The van der Waals surface area contributed by atoms with Gasteiger partial charge in [-0.15, -0.1) is 0 Å². The predicted molar refractivity (Wildman–Crippen MR) is 100 cm³/mol. The van der Waals surface area contributed by atoms with Gasteiger partial charge < -0.3 is 9.80 Å². The van der Waals surface area contributed by atoms with Gasteiger partial charge in [0.2, 0.25) is 17.7 Å². The summed E-state index contributed by atoms with van der Waals surface area (Å²) in [7, 11) is 0. The van der Waals surface area contributed by atoms with Crippen LogP contribution in [0.5, 0.6) is 0 Å². The average molecular weight is 388 g/mol.